The molecule has 0 heterocycles. The van der Waals surface area contributed by atoms with E-state index in [2.05, 4.69) is 6.92 Å². The Balaban J connectivity index is 1.55. The molecule has 4 aliphatic rings. The summed E-state index contributed by atoms with van der Waals surface area (Å²) in [7, 11) is 0. The summed E-state index contributed by atoms with van der Waals surface area (Å²) < 4.78 is 0. The number of carbonyl (C=O) groups is 1. The van der Waals surface area contributed by atoms with E-state index in [4.69, 9.17) is 0 Å². The van der Waals surface area contributed by atoms with E-state index in [0.29, 0.717) is 17.1 Å². The quantitative estimate of drug-likeness (QED) is 0.788. The monoisotopic (exact) mass is 304 g/mol. The number of aliphatic hydroxyl groups excluding tert-OH is 1. The van der Waals surface area contributed by atoms with E-state index in [9.17, 15) is 9.90 Å². The topological polar surface area (TPSA) is 37.3 Å². The Kier molecular flexibility index (Phi) is 3.67. The molecule has 4 aliphatic carbocycles. The van der Waals surface area contributed by atoms with Gasteiger partial charge in [0, 0.05) is 5.92 Å². The molecule has 22 heavy (non-hydrogen) atoms. The number of fused-ring (bicyclic) bond motifs is 4. The van der Waals surface area contributed by atoms with Gasteiger partial charge in [-0.15, -0.1) is 0 Å². The molecule has 0 spiro atoms. The van der Waals surface area contributed by atoms with Gasteiger partial charge in [-0.1, -0.05) is 6.92 Å². The summed E-state index contributed by atoms with van der Waals surface area (Å²) in [5.74, 6) is 4.99. The van der Waals surface area contributed by atoms with E-state index in [1.165, 1.54) is 38.5 Å². The summed E-state index contributed by atoms with van der Waals surface area (Å²) in [5.41, 5.74) is 0.300. The zero-order valence-electron chi connectivity index (χ0n) is 14.3. The number of aliphatic hydroxyl groups is 1. The van der Waals surface area contributed by atoms with Crippen LogP contribution in [0.15, 0.2) is 0 Å². The van der Waals surface area contributed by atoms with Crippen molar-refractivity contribution < 1.29 is 9.90 Å². The van der Waals surface area contributed by atoms with Gasteiger partial charge in [0.2, 0.25) is 0 Å². The molecule has 2 nitrogen and oxygen atoms in total. The molecule has 0 unspecified atom stereocenters. The molecule has 0 radical (unpaired) electrons. The van der Waals surface area contributed by atoms with Crippen molar-refractivity contribution in [1.29, 1.82) is 0 Å². The molecule has 0 aliphatic heterocycles. The molecule has 0 amide bonds. The van der Waals surface area contributed by atoms with Crippen molar-refractivity contribution in [2.75, 3.05) is 0 Å². The van der Waals surface area contributed by atoms with Crippen LogP contribution in [0.2, 0.25) is 0 Å². The Hall–Kier alpha value is -0.370. The van der Waals surface area contributed by atoms with Crippen LogP contribution in [-0.4, -0.2) is 17.0 Å². The molecule has 4 fully saturated rings. The van der Waals surface area contributed by atoms with Crippen LogP contribution in [0.1, 0.15) is 71.6 Å². The van der Waals surface area contributed by atoms with Crippen LogP contribution in [-0.2, 0) is 4.79 Å². The fraction of sp³-hybridized carbons (Fsp3) is 0.950. The number of Topliss-reactive ketones (excluding diaryl/α,β-unsaturated/α-hetero) is 1. The molecule has 2 heteroatoms. The lowest BCUT2D eigenvalue weighted by molar-refractivity contribution is -0.128. The Morgan fingerprint density at radius 2 is 1.73 bits per heavy atom. The van der Waals surface area contributed by atoms with Crippen LogP contribution in [0.4, 0.5) is 0 Å². The van der Waals surface area contributed by atoms with Crippen LogP contribution in [0.25, 0.3) is 0 Å². The van der Waals surface area contributed by atoms with E-state index in [-0.39, 0.29) is 6.10 Å². The van der Waals surface area contributed by atoms with E-state index in [1.54, 1.807) is 0 Å². The molecule has 4 rings (SSSR count). The fourth-order valence-electron chi connectivity index (χ4n) is 7.34. The lowest BCUT2D eigenvalue weighted by atomic mass is 9.50. The third kappa shape index (κ3) is 2.20. The highest BCUT2D eigenvalue weighted by Gasteiger charge is 2.56. The second-order valence-corrected chi connectivity index (χ2v) is 9.28. The molecule has 124 valence electrons. The first kappa shape index (κ1) is 15.2. The zero-order chi connectivity index (χ0) is 15.5. The highest BCUT2D eigenvalue weighted by Crippen LogP contribution is 2.63. The fourth-order valence-corrected chi connectivity index (χ4v) is 7.34. The Labute approximate surface area is 135 Å². The number of rotatable bonds is 1. The summed E-state index contributed by atoms with van der Waals surface area (Å²) in [6, 6.07) is 0. The molecule has 8 atom stereocenters. The normalized spacial score (nSPS) is 54.2. The van der Waals surface area contributed by atoms with Crippen LogP contribution in [0, 0.1) is 40.9 Å². The lowest BCUT2D eigenvalue weighted by Crippen LogP contribution is -2.48. The second-order valence-electron chi connectivity index (χ2n) is 9.28. The molecule has 0 aromatic heterocycles. The van der Waals surface area contributed by atoms with E-state index < -0.39 is 0 Å². The third-order valence-corrected chi connectivity index (χ3v) is 8.36. The second kappa shape index (κ2) is 5.33. The Morgan fingerprint density at radius 3 is 2.50 bits per heavy atom. The van der Waals surface area contributed by atoms with E-state index in [1.807, 2.05) is 6.92 Å². The average Bonchev–Trinajstić information content (AvgIpc) is 2.80. The molecule has 0 aromatic rings. The predicted molar refractivity (Wildman–Crippen MR) is 87.3 cm³/mol. The summed E-state index contributed by atoms with van der Waals surface area (Å²) in [6.07, 6.45) is 11.1. The van der Waals surface area contributed by atoms with Crippen LogP contribution >= 0.6 is 0 Å². The highest BCUT2D eigenvalue weighted by molar-refractivity contribution is 5.79. The minimum Gasteiger partial charge on any atom is -0.393 e. The van der Waals surface area contributed by atoms with Gasteiger partial charge in [0.1, 0.15) is 5.78 Å². The number of hydrogen-bond donors (Lipinski definition) is 1. The number of carbonyl (C=O) groups excluding carboxylic acids is 1. The number of ketones is 1. The van der Waals surface area contributed by atoms with Gasteiger partial charge >= 0.3 is 0 Å². The highest BCUT2D eigenvalue weighted by atomic mass is 16.3. The van der Waals surface area contributed by atoms with Crippen LogP contribution in [0.5, 0.6) is 0 Å². The summed E-state index contributed by atoms with van der Waals surface area (Å²) in [4.78, 5) is 12.1. The predicted octanol–water partition coefficient (Wildman–Crippen LogP) is 4.21. The number of hydrogen-bond acceptors (Lipinski definition) is 2. The first-order valence-corrected chi connectivity index (χ1v) is 9.67. The van der Waals surface area contributed by atoms with Crippen molar-refractivity contribution in [3.8, 4) is 0 Å². The minimum absolute atomic E-state index is 0.0276. The van der Waals surface area contributed by atoms with Gasteiger partial charge in [-0.3, -0.25) is 4.79 Å². The zero-order valence-corrected chi connectivity index (χ0v) is 14.3. The van der Waals surface area contributed by atoms with Gasteiger partial charge in [0.05, 0.1) is 6.10 Å². The largest absolute Gasteiger partial charge is 0.393 e. The third-order valence-electron chi connectivity index (χ3n) is 8.36. The smallest absolute Gasteiger partial charge is 0.133 e. The van der Waals surface area contributed by atoms with Crippen molar-refractivity contribution in [2.45, 2.75) is 77.7 Å². The van der Waals surface area contributed by atoms with Gasteiger partial charge in [-0.2, -0.15) is 0 Å². The molecule has 4 saturated carbocycles. The van der Waals surface area contributed by atoms with Crippen molar-refractivity contribution in [3.05, 3.63) is 0 Å². The van der Waals surface area contributed by atoms with Crippen LogP contribution in [0.3, 0.4) is 0 Å². The van der Waals surface area contributed by atoms with Gasteiger partial charge in [0.15, 0.2) is 0 Å². The van der Waals surface area contributed by atoms with E-state index in [0.717, 1.165) is 48.9 Å². The first-order valence-electron chi connectivity index (χ1n) is 9.67. The lowest BCUT2D eigenvalue weighted by Gasteiger charge is -2.55. The summed E-state index contributed by atoms with van der Waals surface area (Å²) in [6.45, 7) is 4.26. The molecule has 0 bridgehead atoms. The van der Waals surface area contributed by atoms with Gasteiger partial charge < -0.3 is 5.11 Å². The summed E-state index contributed by atoms with van der Waals surface area (Å²) in [5, 5.41) is 9.99. The Morgan fingerprint density at radius 1 is 0.955 bits per heavy atom. The first-order chi connectivity index (χ1) is 10.5. The Bertz CT molecular complexity index is 459. The van der Waals surface area contributed by atoms with Gasteiger partial charge in [-0.25, -0.2) is 0 Å². The standard InChI is InChI=1S/C20H32O2/c1-12(21)19-8-5-15-10-18-14(11-20(15,19)2)4-3-13-9-16(22)6-7-17(13)18/h13-19,22H,3-11H2,1-2H3/t13-,14-,15+,16+,17-,18-,19-,20+/m0/s1. The SMILES string of the molecule is CC(=O)[C@@H]1CC[C@@H]2C[C@H]3[C@@H](CC[C@H]4C[C@H](O)CC[C@@H]43)C[C@]21C. The van der Waals surface area contributed by atoms with Gasteiger partial charge in [0.25, 0.3) is 0 Å². The average molecular weight is 304 g/mol. The van der Waals surface area contributed by atoms with Crippen LogP contribution < -0.4 is 0 Å². The maximum Gasteiger partial charge on any atom is 0.133 e. The molecule has 0 aromatic carbocycles. The molecule has 0 saturated heterocycles. The van der Waals surface area contributed by atoms with Crippen molar-refractivity contribution >= 4 is 5.78 Å². The minimum atomic E-state index is -0.0276. The van der Waals surface area contributed by atoms with Crippen molar-refractivity contribution in [2.24, 2.45) is 40.9 Å². The molecule has 1 N–H and O–H groups in total. The molecular weight excluding hydrogens is 272 g/mol. The summed E-state index contributed by atoms with van der Waals surface area (Å²) >= 11 is 0. The maximum absolute atomic E-state index is 12.1. The van der Waals surface area contributed by atoms with Crippen molar-refractivity contribution in [3.63, 3.8) is 0 Å². The van der Waals surface area contributed by atoms with Crippen molar-refractivity contribution in [1.82, 2.24) is 0 Å². The molecular formula is C20H32O2. The van der Waals surface area contributed by atoms with E-state index >= 15 is 0 Å². The van der Waals surface area contributed by atoms with Gasteiger partial charge in [-0.05, 0) is 99.7 Å². The maximum atomic E-state index is 12.1.